The van der Waals surface area contributed by atoms with Crippen molar-refractivity contribution in [1.82, 2.24) is 0 Å². The van der Waals surface area contributed by atoms with Crippen molar-refractivity contribution in [3.05, 3.63) is 35.3 Å². The first-order chi connectivity index (χ1) is 6.61. The standard InChI is InChI=1S/C10H7FO3/c1-5-6-3-2-4-7(11)9(6)14-8(5)10(12)13/h2-4H,1H3,(H,12,13)/p-1. The summed E-state index contributed by atoms with van der Waals surface area (Å²) >= 11 is 0. The van der Waals surface area contributed by atoms with E-state index in [1.165, 1.54) is 12.1 Å². The van der Waals surface area contributed by atoms with E-state index in [1.54, 1.807) is 13.0 Å². The highest BCUT2D eigenvalue weighted by Crippen LogP contribution is 2.26. The van der Waals surface area contributed by atoms with Crippen molar-refractivity contribution < 1.29 is 18.7 Å². The third kappa shape index (κ3) is 1.08. The summed E-state index contributed by atoms with van der Waals surface area (Å²) in [6.45, 7) is 1.55. The number of carboxylic acid groups (broad SMARTS) is 1. The Bertz CT molecular complexity index is 513. The van der Waals surface area contributed by atoms with E-state index in [0.717, 1.165) is 0 Å². The van der Waals surface area contributed by atoms with Crippen molar-refractivity contribution in [2.45, 2.75) is 6.92 Å². The molecule has 1 aromatic carbocycles. The fraction of sp³-hybridized carbons (Fsp3) is 0.100. The molecule has 72 valence electrons. The summed E-state index contributed by atoms with van der Waals surface area (Å²) in [6, 6.07) is 4.31. The minimum absolute atomic E-state index is 0.0378. The SMILES string of the molecule is Cc1c(C(=O)[O-])oc2c(F)cccc12. The van der Waals surface area contributed by atoms with Gasteiger partial charge in [0.1, 0.15) is 5.97 Å². The molecule has 0 radical (unpaired) electrons. The number of aromatic carboxylic acids is 1. The molecule has 0 unspecified atom stereocenters. The molecule has 3 nitrogen and oxygen atoms in total. The number of fused-ring (bicyclic) bond motifs is 1. The summed E-state index contributed by atoms with van der Waals surface area (Å²) in [5.74, 6) is -2.32. The lowest BCUT2D eigenvalue weighted by molar-refractivity contribution is -0.257. The molecule has 1 heterocycles. The quantitative estimate of drug-likeness (QED) is 0.684. The van der Waals surface area contributed by atoms with Crippen LogP contribution in [0.2, 0.25) is 0 Å². The van der Waals surface area contributed by atoms with E-state index in [2.05, 4.69) is 0 Å². The van der Waals surface area contributed by atoms with Crippen LogP contribution in [0.3, 0.4) is 0 Å². The summed E-state index contributed by atoms with van der Waals surface area (Å²) in [6.07, 6.45) is 0. The van der Waals surface area contributed by atoms with Crippen LogP contribution in [-0.2, 0) is 0 Å². The first-order valence-electron chi connectivity index (χ1n) is 4.00. The van der Waals surface area contributed by atoms with E-state index >= 15 is 0 Å². The Morgan fingerprint density at radius 2 is 2.21 bits per heavy atom. The Kier molecular flexibility index (Phi) is 1.77. The van der Waals surface area contributed by atoms with Gasteiger partial charge in [-0.25, -0.2) is 4.39 Å². The molecule has 0 aliphatic carbocycles. The Morgan fingerprint density at radius 3 is 2.79 bits per heavy atom. The molecule has 0 aliphatic rings. The second-order valence-corrected chi connectivity index (χ2v) is 2.96. The molecule has 14 heavy (non-hydrogen) atoms. The third-order valence-electron chi connectivity index (χ3n) is 2.10. The van der Waals surface area contributed by atoms with Crippen molar-refractivity contribution in [1.29, 1.82) is 0 Å². The Labute approximate surface area is 78.8 Å². The van der Waals surface area contributed by atoms with Gasteiger partial charge in [0.2, 0.25) is 0 Å². The van der Waals surface area contributed by atoms with Crippen LogP contribution in [0.15, 0.2) is 22.6 Å². The second-order valence-electron chi connectivity index (χ2n) is 2.96. The largest absolute Gasteiger partial charge is 0.542 e. The van der Waals surface area contributed by atoms with Crippen molar-refractivity contribution in [2.75, 3.05) is 0 Å². The topological polar surface area (TPSA) is 53.3 Å². The zero-order chi connectivity index (χ0) is 10.3. The number of hydrogen-bond donors (Lipinski definition) is 0. The highest BCUT2D eigenvalue weighted by Gasteiger charge is 2.13. The summed E-state index contributed by atoms with van der Waals surface area (Å²) in [4.78, 5) is 10.6. The zero-order valence-corrected chi connectivity index (χ0v) is 7.33. The normalized spacial score (nSPS) is 10.7. The van der Waals surface area contributed by atoms with Crippen LogP contribution < -0.4 is 5.11 Å². The highest BCUT2D eigenvalue weighted by molar-refractivity contribution is 5.93. The number of hydrogen-bond acceptors (Lipinski definition) is 3. The van der Waals surface area contributed by atoms with Crippen molar-refractivity contribution >= 4 is 16.9 Å². The van der Waals surface area contributed by atoms with E-state index < -0.39 is 11.8 Å². The van der Waals surface area contributed by atoms with Crippen LogP contribution >= 0.6 is 0 Å². The third-order valence-corrected chi connectivity index (χ3v) is 2.10. The molecule has 0 atom stereocenters. The Morgan fingerprint density at radius 1 is 1.50 bits per heavy atom. The number of benzene rings is 1. The molecule has 0 N–H and O–H groups in total. The van der Waals surface area contributed by atoms with E-state index in [0.29, 0.717) is 10.9 Å². The average molecular weight is 193 g/mol. The van der Waals surface area contributed by atoms with Gasteiger partial charge < -0.3 is 14.3 Å². The lowest BCUT2D eigenvalue weighted by Gasteiger charge is -1.96. The van der Waals surface area contributed by atoms with Crippen molar-refractivity contribution in [2.24, 2.45) is 0 Å². The van der Waals surface area contributed by atoms with Gasteiger partial charge in [0, 0.05) is 10.9 Å². The number of carboxylic acids is 1. The average Bonchev–Trinajstić information content (AvgIpc) is 2.46. The van der Waals surface area contributed by atoms with E-state index in [4.69, 9.17) is 4.42 Å². The smallest absolute Gasteiger partial charge is 0.170 e. The van der Waals surface area contributed by atoms with E-state index in [1.807, 2.05) is 0 Å². The summed E-state index contributed by atoms with van der Waals surface area (Å²) < 4.78 is 18.0. The van der Waals surface area contributed by atoms with Gasteiger partial charge in [-0.05, 0) is 13.0 Å². The fourth-order valence-electron chi connectivity index (χ4n) is 1.40. The minimum atomic E-state index is -1.43. The monoisotopic (exact) mass is 193 g/mol. The van der Waals surface area contributed by atoms with Gasteiger partial charge >= 0.3 is 0 Å². The molecule has 0 fully saturated rings. The molecule has 0 amide bonds. The molecule has 0 aliphatic heterocycles. The predicted octanol–water partition coefficient (Wildman–Crippen LogP) is 1.24. The minimum Gasteiger partial charge on any atom is -0.542 e. The maximum absolute atomic E-state index is 13.1. The lowest BCUT2D eigenvalue weighted by Crippen LogP contribution is -2.22. The first kappa shape index (κ1) is 8.74. The molecule has 0 bridgehead atoms. The van der Waals surface area contributed by atoms with E-state index in [-0.39, 0.29) is 11.3 Å². The van der Waals surface area contributed by atoms with Gasteiger partial charge in [-0.1, -0.05) is 12.1 Å². The van der Waals surface area contributed by atoms with Crippen LogP contribution in [-0.4, -0.2) is 5.97 Å². The van der Waals surface area contributed by atoms with Gasteiger partial charge in [-0.3, -0.25) is 0 Å². The molecule has 0 spiro atoms. The number of halogens is 1. The highest BCUT2D eigenvalue weighted by atomic mass is 19.1. The molecule has 4 heteroatoms. The fourth-order valence-corrected chi connectivity index (χ4v) is 1.40. The molecule has 2 rings (SSSR count). The number of carbonyl (C=O) groups excluding carboxylic acids is 1. The Balaban J connectivity index is 2.86. The maximum Gasteiger partial charge on any atom is 0.170 e. The zero-order valence-electron chi connectivity index (χ0n) is 7.33. The second kappa shape index (κ2) is 2.83. The number of rotatable bonds is 1. The van der Waals surface area contributed by atoms with Gasteiger partial charge in [-0.15, -0.1) is 0 Å². The van der Waals surface area contributed by atoms with Crippen LogP contribution in [0.25, 0.3) is 11.0 Å². The molecule has 1 aromatic heterocycles. The number of aryl methyl sites for hydroxylation is 1. The van der Waals surface area contributed by atoms with Crippen molar-refractivity contribution in [3.8, 4) is 0 Å². The number of furan rings is 1. The number of carbonyl (C=O) groups is 1. The predicted molar refractivity (Wildman–Crippen MR) is 45.2 cm³/mol. The molecular formula is C10H6FO3-. The Hall–Kier alpha value is -1.84. The number of para-hydroxylation sites is 1. The molecule has 0 saturated carbocycles. The molecular weight excluding hydrogens is 187 g/mol. The van der Waals surface area contributed by atoms with Crippen LogP contribution in [0.5, 0.6) is 0 Å². The van der Waals surface area contributed by atoms with Gasteiger partial charge in [0.15, 0.2) is 17.2 Å². The molecule has 0 saturated heterocycles. The summed E-state index contributed by atoms with van der Waals surface area (Å²) in [5, 5.41) is 11.0. The van der Waals surface area contributed by atoms with Crippen LogP contribution in [0.4, 0.5) is 4.39 Å². The molecule has 2 aromatic rings. The summed E-state index contributed by atoms with van der Waals surface area (Å²) in [7, 11) is 0. The maximum atomic E-state index is 13.1. The van der Waals surface area contributed by atoms with Gasteiger partial charge in [0.25, 0.3) is 0 Å². The van der Waals surface area contributed by atoms with Crippen molar-refractivity contribution in [3.63, 3.8) is 0 Å². The van der Waals surface area contributed by atoms with Gasteiger partial charge in [0.05, 0.1) is 0 Å². The van der Waals surface area contributed by atoms with E-state index in [9.17, 15) is 14.3 Å². The lowest BCUT2D eigenvalue weighted by atomic mass is 10.1. The first-order valence-corrected chi connectivity index (χ1v) is 4.00. The van der Waals surface area contributed by atoms with Crippen LogP contribution in [0, 0.1) is 12.7 Å². The van der Waals surface area contributed by atoms with Gasteiger partial charge in [-0.2, -0.15) is 0 Å². The summed E-state index contributed by atoms with van der Waals surface area (Å²) in [5.41, 5.74) is 0.351. The van der Waals surface area contributed by atoms with Crippen LogP contribution in [0.1, 0.15) is 16.1 Å².